The quantitative estimate of drug-likeness (QED) is 0.895. The first-order chi connectivity index (χ1) is 9.47. The lowest BCUT2D eigenvalue weighted by Crippen LogP contribution is -2.32. The summed E-state index contributed by atoms with van der Waals surface area (Å²) in [5.74, 6) is 0.215. The van der Waals surface area contributed by atoms with Gasteiger partial charge in [0.1, 0.15) is 0 Å². The van der Waals surface area contributed by atoms with Crippen LogP contribution < -0.4 is 5.56 Å². The molecule has 1 amide bonds. The fraction of sp³-hybridized carbons (Fsp3) is 0.571. The van der Waals surface area contributed by atoms with Crippen LogP contribution in [0.15, 0.2) is 27.6 Å². The number of aliphatic hydroxyl groups is 1. The minimum absolute atomic E-state index is 0.0417. The van der Waals surface area contributed by atoms with Gasteiger partial charge in [-0.05, 0) is 35.3 Å². The summed E-state index contributed by atoms with van der Waals surface area (Å²) in [6.45, 7) is 3.46. The van der Waals surface area contributed by atoms with Crippen LogP contribution in [-0.2, 0) is 11.3 Å². The van der Waals surface area contributed by atoms with Crippen LogP contribution in [0.2, 0.25) is 0 Å². The smallest absolute Gasteiger partial charge is 0.250 e. The van der Waals surface area contributed by atoms with E-state index in [-0.39, 0.29) is 23.5 Å². The predicted octanol–water partition coefficient (Wildman–Crippen LogP) is 1.23. The van der Waals surface area contributed by atoms with Gasteiger partial charge in [0.25, 0.3) is 5.56 Å². The van der Waals surface area contributed by atoms with Crippen LogP contribution in [0, 0.1) is 5.92 Å². The molecule has 5 nitrogen and oxygen atoms in total. The Morgan fingerprint density at radius 3 is 2.95 bits per heavy atom. The van der Waals surface area contributed by atoms with Gasteiger partial charge in [-0.15, -0.1) is 0 Å². The molecule has 2 atom stereocenters. The molecule has 1 aromatic heterocycles. The average Bonchev–Trinajstić information content (AvgIpc) is 2.89. The molecule has 2 rings (SSSR count). The molecule has 20 heavy (non-hydrogen) atoms. The summed E-state index contributed by atoms with van der Waals surface area (Å²) < 4.78 is 2.35. The number of hydrogen-bond acceptors (Lipinski definition) is 3. The summed E-state index contributed by atoms with van der Waals surface area (Å²) >= 11 is 3.31. The van der Waals surface area contributed by atoms with Gasteiger partial charge in [0.05, 0.1) is 6.10 Å². The number of rotatable bonds is 4. The Kier molecular flexibility index (Phi) is 4.99. The van der Waals surface area contributed by atoms with Crippen molar-refractivity contribution in [3.63, 3.8) is 0 Å². The van der Waals surface area contributed by atoms with Gasteiger partial charge in [-0.25, -0.2) is 0 Å². The highest BCUT2D eigenvalue weighted by atomic mass is 79.9. The van der Waals surface area contributed by atoms with Gasteiger partial charge >= 0.3 is 0 Å². The van der Waals surface area contributed by atoms with Crippen molar-refractivity contribution in [3.05, 3.63) is 33.2 Å². The summed E-state index contributed by atoms with van der Waals surface area (Å²) in [6.07, 6.45) is 2.47. The van der Waals surface area contributed by atoms with E-state index in [9.17, 15) is 14.7 Å². The first kappa shape index (κ1) is 15.3. The first-order valence-electron chi connectivity index (χ1n) is 6.79. The number of carbonyl (C=O) groups excluding carboxylic acids is 1. The molecule has 1 aliphatic heterocycles. The van der Waals surface area contributed by atoms with Gasteiger partial charge in [-0.2, -0.15) is 0 Å². The second-order valence-corrected chi connectivity index (χ2v) is 6.17. The molecule has 2 unspecified atom stereocenters. The predicted molar refractivity (Wildman–Crippen MR) is 79.4 cm³/mol. The highest BCUT2D eigenvalue weighted by Gasteiger charge is 2.28. The van der Waals surface area contributed by atoms with Crippen molar-refractivity contribution in [2.75, 3.05) is 13.1 Å². The maximum absolute atomic E-state index is 12.1. The average molecular weight is 343 g/mol. The summed E-state index contributed by atoms with van der Waals surface area (Å²) in [7, 11) is 0. The standard InChI is InChI=1S/C14H19BrN2O3/c1-10(18)11-4-6-16(8-11)14(20)5-7-17-9-12(15)2-3-13(17)19/h2-3,9-11,18H,4-8H2,1H3. The molecule has 0 aliphatic carbocycles. The van der Waals surface area contributed by atoms with Gasteiger partial charge < -0.3 is 14.6 Å². The van der Waals surface area contributed by atoms with Gasteiger partial charge in [-0.3, -0.25) is 9.59 Å². The summed E-state index contributed by atoms with van der Waals surface area (Å²) in [5, 5.41) is 9.54. The summed E-state index contributed by atoms with van der Waals surface area (Å²) in [5.41, 5.74) is -0.107. The van der Waals surface area contributed by atoms with E-state index in [0.29, 0.717) is 26.1 Å². The highest BCUT2D eigenvalue weighted by Crippen LogP contribution is 2.20. The van der Waals surface area contributed by atoms with Crippen LogP contribution in [0.3, 0.4) is 0 Å². The van der Waals surface area contributed by atoms with E-state index in [1.54, 1.807) is 24.1 Å². The van der Waals surface area contributed by atoms with Crippen molar-refractivity contribution < 1.29 is 9.90 Å². The maximum atomic E-state index is 12.1. The Balaban J connectivity index is 1.90. The summed E-state index contributed by atoms with van der Waals surface area (Å²) in [4.78, 5) is 25.5. The lowest BCUT2D eigenvalue weighted by Gasteiger charge is -2.18. The van der Waals surface area contributed by atoms with E-state index in [1.807, 2.05) is 0 Å². The number of amides is 1. The number of carbonyl (C=O) groups is 1. The number of pyridine rings is 1. The molecule has 0 spiro atoms. The van der Waals surface area contributed by atoms with E-state index in [4.69, 9.17) is 0 Å². The van der Waals surface area contributed by atoms with Gasteiger partial charge in [-0.1, -0.05) is 0 Å². The lowest BCUT2D eigenvalue weighted by molar-refractivity contribution is -0.130. The van der Waals surface area contributed by atoms with Gasteiger partial charge in [0.2, 0.25) is 5.91 Å². The number of aryl methyl sites for hydroxylation is 1. The number of likely N-dealkylation sites (tertiary alicyclic amines) is 1. The van der Waals surface area contributed by atoms with Crippen molar-refractivity contribution in [1.29, 1.82) is 0 Å². The molecular formula is C14H19BrN2O3. The van der Waals surface area contributed by atoms with E-state index in [1.165, 1.54) is 10.6 Å². The zero-order chi connectivity index (χ0) is 14.7. The third kappa shape index (κ3) is 3.70. The monoisotopic (exact) mass is 342 g/mol. The minimum Gasteiger partial charge on any atom is -0.393 e. The largest absolute Gasteiger partial charge is 0.393 e. The highest BCUT2D eigenvalue weighted by molar-refractivity contribution is 9.10. The molecule has 2 heterocycles. The minimum atomic E-state index is -0.375. The Hall–Kier alpha value is -1.14. The lowest BCUT2D eigenvalue weighted by atomic mass is 10.0. The molecular weight excluding hydrogens is 324 g/mol. The molecule has 1 saturated heterocycles. The molecule has 0 radical (unpaired) electrons. The molecule has 1 fully saturated rings. The Morgan fingerprint density at radius 1 is 1.55 bits per heavy atom. The fourth-order valence-corrected chi connectivity index (χ4v) is 2.84. The van der Waals surface area contributed by atoms with Crippen molar-refractivity contribution >= 4 is 21.8 Å². The van der Waals surface area contributed by atoms with Crippen LogP contribution in [0.25, 0.3) is 0 Å². The normalized spacial score (nSPS) is 20.1. The number of halogens is 1. The molecule has 0 bridgehead atoms. The topological polar surface area (TPSA) is 62.5 Å². The number of nitrogens with zero attached hydrogens (tertiary/aromatic N) is 2. The zero-order valence-corrected chi connectivity index (χ0v) is 13.0. The van der Waals surface area contributed by atoms with Crippen molar-refractivity contribution in [2.24, 2.45) is 5.92 Å². The second kappa shape index (κ2) is 6.54. The van der Waals surface area contributed by atoms with E-state index >= 15 is 0 Å². The van der Waals surface area contributed by atoms with E-state index in [2.05, 4.69) is 15.9 Å². The molecule has 6 heteroatoms. The number of hydrogen-bond donors (Lipinski definition) is 1. The maximum Gasteiger partial charge on any atom is 0.250 e. The van der Waals surface area contributed by atoms with Crippen LogP contribution in [-0.4, -0.2) is 39.7 Å². The number of aliphatic hydroxyl groups excluding tert-OH is 1. The SMILES string of the molecule is CC(O)C1CCN(C(=O)CCn2cc(Br)ccc2=O)C1. The molecule has 1 aromatic rings. The third-order valence-electron chi connectivity index (χ3n) is 3.77. The summed E-state index contributed by atoms with van der Waals surface area (Å²) in [6, 6.07) is 3.17. The molecule has 0 aromatic carbocycles. The van der Waals surface area contributed by atoms with Crippen LogP contribution in [0.5, 0.6) is 0 Å². The van der Waals surface area contributed by atoms with Crippen LogP contribution in [0.4, 0.5) is 0 Å². The number of aromatic nitrogens is 1. The van der Waals surface area contributed by atoms with E-state index < -0.39 is 0 Å². The first-order valence-corrected chi connectivity index (χ1v) is 7.58. The van der Waals surface area contributed by atoms with Crippen molar-refractivity contribution in [2.45, 2.75) is 32.4 Å². The second-order valence-electron chi connectivity index (χ2n) is 5.26. The van der Waals surface area contributed by atoms with Gasteiger partial charge in [0, 0.05) is 48.7 Å². The molecule has 1 N–H and O–H groups in total. The Morgan fingerprint density at radius 2 is 2.30 bits per heavy atom. The van der Waals surface area contributed by atoms with Crippen molar-refractivity contribution in [1.82, 2.24) is 9.47 Å². The fourth-order valence-electron chi connectivity index (χ4n) is 2.46. The Bertz CT molecular complexity index is 541. The zero-order valence-electron chi connectivity index (χ0n) is 11.5. The van der Waals surface area contributed by atoms with Crippen molar-refractivity contribution in [3.8, 4) is 0 Å². The third-order valence-corrected chi connectivity index (χ3v) is 4.24. The van der Waals surface area contributed by atoms with Crippen LogP contribution >= 0.6 is 15.9 Å². The van der Waals surface area contributed by atoms with Crippen LogP contribution in [0.1, 0.15) is 19.8 Å². The molecule has 110 valence electrons. The van der Waals surface area contributed by atoms with Gasteiger partial charge in [0.15, 0.2) is 0 Å². The van der Waals surface area contributed by atoms with E-state index in [0.717, 1.165) is 10.9 Å². The molecule has 0 saturated carbocycles. The molecule has 1 aliphatic rings. The Labute approximate surface area is 126 Å².